The minimum absolute atomic E-state index is 0.209. The second kappa shape index (κ2) is 37.0. The molecule has 1 rings (SSSR count). The first-order chi connectivity index (χ1) is 26.8. The SMILES string of the molecule is CCCCCCCCCCCCCCCCCCC(=O)O[C@H](COC(=O)CCCCCCCCCCCCCCCC)CO[C@@H]1O[C@H](CO)[C@H](O)C(O)C1O. The van der Waals surface area contributed by atoms with Gasteiger partial charge in [0.15, 0.2) is 12.4 Å². The first-order valence-electron chi connectivity index (χ1n) is 23.1. The molecule has 1 fully saturated rings. The van der Waals surface area contributed by atoms with Crippen molar-refractivity contribution in [3.63, 3.8) is 0 Å². The lowest BCUT2D eigenvalue weighted by molar-refractivity contribution is -0.305. The molecule has 2 unspecified atom stereocenters. The summed E-state index contributed by atoms with van der Waals surface area (Å²) in [5.74, 6) is -0.790. The second-order valence-corrected chi connectivity index (χ2v) is 16.2. The highest BCUT2D eigenvalue weighted by Crippen LogP contribution is 2.23. The zero-order valence-electron chi connectivity index (χ0n) is 35.5. The molecule has 1 saturated heterocycles. The molecule has 0 radical (unpaired) electrons. The number of esters is 2. The highest BCUT2D eigenvalue weighted by molar-refractivity contribution is 5.70. The number of rotatable bonds is 39. The van der Waals surface area contributed by atoms with E-state index in [9.17, 15) is 30.0 Å². The fourth-order valence-corrected chi connectivity index (χ4v) is 7.31. The summed E-state index contributed by atoms with van der Waals surface area (Å²) in [6.07, 6.45) is 29.6. The second-order valence-electron chi connectivity index (χ2n) is 16.2. The van der Waals surface area contributed by atoms with Crippen LogP contribution < -0.4 is 0 Å². The van der Waals surface area contributed by atoms with Crippen molar-refractivity contribution < 1.29 is 49.0 Å². The topological polar surface area (TPSA) is 152 Å². The van der Waals surface area contributed by atoms with Crippen LogP contribution in [0.1, 0.15) is 219 Å². The monoisotopic (exact) mass is 787 g/mol. The maximum Gasteiger partial charge on any atom is 0.306 e. The van der Waals surface area contributed by atoms with Gasteiger partial charge in [0.2, 0.25) is 0 Å². The lowest BCUT2D eigenvalue weighted by Crippen LogP contribution is -2.59. The van der Waals surface area contributed by atoms with Crippen molar-refractivity contribution in [1.29, 1.82) is 0 Å². The minimum atomic E-state index is -1.59. The van der Waals surface area contributed by atoms with Gasteiger partial charge in [-0.15, -0.1) is 0 Å². The average molecular weight is 787 g/mol. The van der Waals surface area contributed by atoms with E-state index < -0.39 is 49.4 Å². The molecule has 0 spiro atoms. The average Bonchev–Trinajstić information content (AvgIpc) is 3.18. The first-order valence-corrected chi connectivity index (χ1v) is 23.1. The third-order valence-corrected chi connectivity index (χ3v) is 11.0. The van der Waals surface area contributed by atoms with Gasteiger partial charge < -0.3 is 39.4 Å². The zero-order chi connectivity index (χ0) is 40.2. The summed E-state index contributed by atoms with van der Waals surface area (Å²) in [5, 5.41) is 40.1. The summed E-state index contributed by atoms with van der Waals surface area (Å²) in [6.45, 7) is 3.46. The molecule has 326 valence electrons. The molecule has 1 heterocycles. The maximum atomic E-state index is 12.8. The van der Waals surface area contributed by atoms with Gasteiger partial charge in [0.25, 0.3) is 0 Å². The van der Waals surface area contributed by atoms with Crippen LogP contribution in [0.15, 0.2) is 0 Å². The third-order valence-electron chi connectivity index (χ3n) is 11.0. The van der Waals surface area contributed by atoms with Crippen LogP contribution in [0, 0.1) is 0 Å². The summed E-state index contributed by atoms with van der Waals surface area (Å²) in [5.41, 5.74) is 0. The molecule has 0 saturated carbocycles. The van der Waals surface area contributed by atoms with Crippen LogP contribution in [-0.4, -0.2) is 89.0 Å². The van der Waals surface area contributed by atoms with Crippen molar-refractivity contribution in [1.82, 2.24) is 0 Å². The Morgan fingerprint density at radius 2 is 0.855 bits per heavy atom. The van der Waals surface area contributed by atoms with Gasteiger partial charge in [0.05, 0.1) is 13.2 Å². The van der Waals surface area contributed by atoms with Gasteiger partial charge in [-0.25, -0.2) is 0 Å². The molecule has 1 aliphatic rings. The molecule has 0 aromatic carbocycles. The Balaban J connectivity index is 2.30. The Morgan fingerprint density at radius 1 is 0.491 bits per heavy atom. The molecule has 0 amide bonds. The van der Waals surface area contributed by atoms with Crippen LogP contribution in [0.3, 0.4) is 0 Å². The minimum Gasteiger partial charge on any atom is -0.462 e. The van der Waals surface area contributed by atoms with Gasteiger partial charge in [-0.1, -0.05) is 194 Å². The number of aliphatic hydroxyl groups is 4. The van der Waals surface area contributed by atoms with E-state index >= 15 is 0 Å². The van der Waals surface area contributed by atoms with E-state index in [1.54, 1.807) is 0 Å². The number of hydrogen-bond donors (Lipinski definition) is 4. The molecule has 6 atom stereocenters. The van der Waals surface area contributed by atoms with Gasteiger partial charge in [0, 0.05) is 12.8 Å². The summed E-state index contributed by atoms with van der Waals surface area (Å²) in [7, 11) is 0. The molecule has 0 aromatic rings. The van der Waals surface area contributed by atoms with Crippen LogP contribution in [0.2, 0.25) is 0 Å². The highest BCUT2D eigenvalue weighted by Gasteiger charge is 2.44. The standard InChI is InChI=1S/C45H86O10/c1-3-5-7-9-11-13-15-17-19-20-22-24-26-28-30-32-34-41(48)54-38(37-53-45-44(51)43(50)42(49)39(35-46)55-45)36-52-40(47)33-31-29-27-25-23-21-18-16-14-12-10-8-6-4-2/h38-39,42-46,49-51H,3-37H2,1-2H3/t38-,39-,42+,43?,44?,45-/m1/s1. The number of carbonyl (C=O) groups excluding carboxylic acids is 2. The van der Waals surface area contributed by atoms with Gasteiger partial charge in [0.1, 0.15) is 31.0 Å². The molecular weight excluding hydrogens is 700 g/mol. The number of unbranched alkanes of at least 4 members (excludes halogenated alkanes) is 28. The molecule has 10 heteroatoms. The third kappa shape index (κ3) is 28.7. The molecule has 0 aromatic heterocycles. The van der Waals surface area contributed by atoms with Crippen molar-refractivity contribution >= 4 is 11.9 Å². The summed E-state index contributed by atoms with van der Waals surface area (Å²) < 4.78 is 22.2. The number of carbonyl (C=O) groups is 2. The van der Waals surface area contributed by atoms with Gasteiger partial charge in [-0.2, -0.15) is 0 Å². The van der Waals surface area contributed by atoms with E-state index in [0.717, 1.165) is 38.5 Å². The Kier molecular flexibility index (Phi) is 34.8. The van der Waals surface area contributed by atoms with Crippen LogP contribution in [0.25, 0.3) is 0 Å². The summed E-state index contributed by atoms with van der Waals surface area (Å²) in [4.78, 5) is 25.3. The zero-order valence-corrected chi connectivity index (χ0v) is 35.5. The fourth-order valence-electron chi connectivity index (χ4n) is 7.31. The first kappa shape index (κ1) is 51.7. The Bertz CT molecular complexity index is 871. The van der Waals surface area contributed by atoms with E-state index in [-0.39, 0.29) is 32.0 Å². The predicted octanol–water partition coefficient (Wildman–Crippen LogP) is 9.78. The van der Waals surface area contributed by atoms with E-state index in [2.05, 4.69) is 13.8 Å². The van der Waals surface area contributed by atoms with Gasteiger partial charge in [-0.3, -0.25) is 9.59 Å². The summed E-state index contributed by atoms with van der Waals surface area (Å²) >= 11 is 0. The smallest absolute Gasteiger partial charge is 0.306 e. The number of ether oxygens (including phenoxy) is 4. The molecule has 1 aliphatic heterocycles. The van der Waals surface area contributed by atoms with E-state index in [4.69, 9.17) is 18.9 Å². The van der Waals surface area contributed by atoms with Crippen molar-refractivity contribution in [3.05, 3.63) is 0 Å². The number of aliphatic hydroxyl groups excluding tert-OH is 4. The van der Waals surface area contributed by atoms with Crippen molar-refractivity contribution in [2.24, 2.45) is 0 Å². The van der Waals surface area contributed by atoms with E-state index in [1.165, 1.54) is 148 Å². The Labute approximate surface area is 336 Å². The van der Waals surface area contributed by atoms with Crippen LogP contribution >= 0.6 is 0 Å². The molecule has 55 heavy (non-hydrogen) atoms. The van der Waals surface area contributed by atoms with Crippen LogP contribution in [0.5, 0.6) is 0 Å². The summed E-state index contributed by atoms with van der Waals surface area (Å²) in [6, 6.07) is 0. The van der Waals surface area contributed by atoms with Crippen LogP contribution in [0.4, 0.5) is 0 Å². The van der Waals surface area contributed by atoms with E-state index in [0.29, 0.717) is 6.42 Å². The molecule has 10 nitrogen and oxygen atoms in total. The van der Waals surface area contributed by atoms with Crippen LogP contribution in [-0.2, 0) is 28.5 Å². The van der Waals surface area contributed by atoms with Crippen molar-refractivity contribution in [2.45, 2.75) is 256 Å². The highest BCUT2D eigenvalue weighted by atomic mass is 16.7. The van der Waals surface area contributed by atoms with E-state index in [1.807, 2.05) is 0 Å². The van der Waals surface area contributed by atoms with Crippen molar-refractivity contribution in [2.75, 3.05) is 19.8 Å². The molecular formula is C45H86O10. The largest absolute Gasteiger partial charge is 0.462 e. The maximum absolute atomic E-state index is 12.8. The predicted molar refractivity (Wildman–Crippen MR) is 220 cm³/mol. The van der Waals surface area contributed by atoms with Crippen molar-refractivity contribution in [3.8, 4) is 0 Å². The van der Waals surface area contributed by atoms with Gasteiger partial charge >= 0.3 is 11.9 Å². The Morgan fingerprint density at radius 3 is 1.24 bits per heavy atom. The molecule has 0 aliphatic carbocycles. The Hall–Kier alpha value is -1.30. The fraction of sp³-hybridized carbons (Fsp3) is 0.956. The lowest BCUT2D eigenvalue weighted by atomic mass is 9.99. The molecule has 0 bridgehead atoms. The quantitative estimate of drug-likeness (QED) is 0.0350. The normalized spacial score (nSPS) is 20.4. The molecule has 4 N–H and O–H groups in total. The lowest BCUT2D eigenvalue weighted by Gasteiger charge is -2.39. The van der Waals surface area contributed by atoms with Gasteiger partial charge in [-0.05, 0) is 12.8 Å². The number of hydrogen-bond acceptors (Lipinski definition) is 10.